The third kappa shape index (κ3) is 1.60. The molecule has 0 aliphatic carbocycles. The van der Waals surface area contributed by atoms with E-state index in [0.717, 1.165) is 4.47 Å². The lowest BCUT2D eigenvalue weighted by atomic mass is 10.2. The Morgan fingerprint density at radius 2 is 2.23 bits per heavy atom. The van der Waals surface area contributed by atoms with Gasteiger partial charge in [0.25, 0.3) is 0 Å². The zero-order valence-corrected chi connectivity index (χ0v) is 8.05. The van der Waals surface area contributed by atoms with Crippen molar-refractivity contribution in [1.29, 1.82) is 0 Å². The van der Waals surface area contributed by atoms with E-state index in [-0.39, 0.29) is 5.82 Å². The van der Waals surface area contributed by atoms with Gasteiger partial charge < -0.3 is 0 Å². The molecule has 0 radical (unpaired) electrons. The predicted octanol–water partition coefficient (Wildman–Crippen LogP) is 2.37. The molecule has 13 heavy (non-hydrogen) atoms. The number of H-pyrrole nitrogens is 1. The highest BCUT2D eigenvalue weighted by molar-refractivity contribution is 9.10. The van der Waals surface area contributed by atoms with Crippen LogP contribution in [0.25, 0.3) is 11.4 Å². The van der Waals surface area contributed by atoms with Gasteiger partial charge in [0.1, 0.15) is 12.1 Å². The van der Waals surface area contributed by atoms with Crippen LogP contribution in [0.5, 0.6) is 0 Å². The fourth-order valence-electron chi connectivity index (χ4n) is 1.01. The molecule has 3 nitrogen and oxygen atoms in total. The number of nitrogens with one attached hydrogen (secondary N) is 1. The minimum Gasteiger partial charge on any atom is -0.259 e. The summed E-state index contributed by atoms with van der Waals surface area (Å²) in [6, 6.07) is 4.40. The van der Waals surface area contributed by atoms with Gasteiger partial charge in [-0.25, -0.2) is 9.37 Å². The van der Waals surface area contributed by atoms with E-state index in [4.69, 9.17) is 0 Å². The Morgan fingerprint density at radius 1 is 1.38 bits per heavy atom. The van der Waals surface area contributed by atoms with Gasteiger partial charge in [0.05, 0.1) is 0 Å². The van der Waals surface area contributed by atoms with Crippen molar-refractivity contribution in [2.75, 3.05) is 0 Å². The van der Waals surface area contributed by atoms with E-state index in [1.54, 1.807) is 6.07 Å². The van der Waals surface area contributed by atoms with Gasteiger partial charge in [0, 0.05) is 10.0 Å². The average molecular weight is 242 g/mol. The average Bonchev–Trinajstić information content (AvgIpc) is 2.61. The molecule has 0 aliphatic heterocycles. The molecule has 2 aromatic rings. The first kappa shape index (κ1) is 8.37. The smallest absolute Gasteiger partial charge is 0.156 e. The molecule has 0 amide bonds. The van der Waals surface area contributed by atoms with Crippen molar-refractivity contribution in [1.82, 2.24) is 15.2 Å². The maximum Gasteiger partial charge on any atom is 0.156 e. The molecule has 0 spiro atoms. The molecule has 66 valence electrons. The first-order valence-electron chi connectivity index (χ1n) is 3.58. The number of aromatic nitrogens is 3. The Bertz CT molecular complexity index is 413. The molecule has 0 saturated carbocycles. The van der Waals surface area contributed by atoms with Crippen LogP contribution in [0.15, 0.2) is 29.0 Å². The summed E-state index contributed by atoms with van der Waals surface area (Å²) in [4.78, 5) is 3.93. The summed E-state index contributed by atoms with van der Waals surface area (Å²) in [5, 5.41) is 6.35. The summed E-state index contributed by atoms with van der Waals surface area (Å²) in [5.74, 6) is 0.251. The highest BCUT2D eigenvalue weighted by atomic mass is 79.9. The zero-order valence-electron chi connectivity index (χ0n) is 6.46. The maximum atomic E-state index is 12.9. The first-order valence-corrected chi connectivity index (χ1v) is 4.37. The lowest BCUT2D eigenvalue weighted by molar-refractivity contribution is 0.628. The van der Waals surface area contributed by atoms with Gasteiger partial charge >= 0.3 is 0 Å². The molecular formula is C8H5BrFN3. The van der Waals surface area contributed by atoms with Crippen LogP contribution >= 0.6 is 15.9 Å². The first-order chi connectivity index (χ1) is 6.27. The number of benzene rings is 1. The van der Waals surface area contributed by atoms with Crippen LogP contribution in [0.4, 0.5) is 4.39 Å². The molecule has 0 atom stereocenters. The van der Waals surface area contributed by atoms with Crippen LogP contribution in [0.3, 0.4) is 0 Å². The fourth-order valence-corrected chi connectivity index (χ4v) is 1.45. The second kappa shape index (κ2) is 3.26. The van der Waals surface area contributed by atoms with Crippen molar-refractivity contribution in [3.8, 4) is 11.4 Å². The maximum absolute atomic E-state index is 12.9. The van der Waals surface area contributed by atoms with Crippen LogP contribution in [-0.4, -0.2) is 15.2 Å². The molecule has 0 saturated heterocycles. The minimum absolute atomic E-state index is 0.297. The van der Waals surface area contributed by atoms with Gasteiger partial charge in [-0.05, 0) is 18.2 Å². The number of aromatic amines is 1. The summed E-state index contributed by atoms with van der Waals surface area (Å²) < 4.78 is 13.6. The number of rotatable bonds is 1. The van der Waals surface area contributed by atoms with E-state index in [0.29, 0.717) is 11.4 Å². The van der Waals surface area contributed by atoms with Crippen LogP contribution < -0.4 is 0 Å². The standard InChI is InChI=1S/C8H5BrFN3/c9-7-2-1-5(10)3-6(7)8-11-4-12-13-8/h1-4H,(H,11,12,13). The Morgan fingerprint density at radius 3 is 2.92 bits per heavy atom. The zero-order chi connectivity index (χ0) is 9.26. The number of hydrogen-bond donors (Lipinski definition) is 1. The van der Waals surface area contributed by atoms with Crippen molar-refractivity contribution in [2.45, 2.75) is 0 Å². The van der Waals surface area contributed by atoms with Crippen LogP contribution in [0.2, 0.25) is 0 Å². The largest absolute Gasteiger partial charge is 0.259 e. The van der Waals surface area contributed by atoms with E-state index in [1.165, 1.54) is 18.5 Å². The molecule has 0 fully saturated rings. The molecule has 1 N–H and O–H groups in total. The minimum atomic E-state index is -0.297. The van der Waals surface area contributed by atoms with Crippen molar-refractivity contribution in [3.05, 3.63) is 34.8 Å². The summed E-state index contributed by atoms with van der Waals surface area (Å²) in [6.07, 6.45) is 1.38. The van der Waals surface area contributed by atoms with Gasteiger partial charge in [-0.2, -0.15) is 5.10 Å². The number of halogens is 2. The topological polar surface area (TPSA) is 41.6 Å². The molecule has 1 heterocycles. The molecule has 0 aliphatic rings. The highest BCUT2D eigenvalue weighted by Crippen LogP contribution is 2.25. The Hall–Kier alpha value is -1.23. The number of nitrogens with zero attached hydrogens (tertiary/aromatic N) is 2. The van der Waals surface area contributed by atoms with Crippen molar-refractivity contribution < 1.29 is 4.39 Å². The van der Waals surface area contributed by atoms with E-state index in [2.05, 4.69) is 31.1 Å². The van der Waals surface area contributed by atoms with Gasteiger partial charge in [0.2, 0.25) is 0 Å². The van der Waals surface area contributed by atoms with Gasteiger partial charge in [-0.3, -0.25) is 5.10 Å². The summed E-state index contributed by atoms with van der Waals surface area (Å²) in [6.45, 7) is 0. The molecular weight excluding hydrogens is 237 g/mol. The molecule has 2 rings (SSSR count). The summed E-state index contributed by atoms with van der Waals surface area (Å²) in [5.41, 5.74) is 0.664. The van der Waals surface area contributed by atoms with E-state index in [9.17, 15) is 4.39 Å². The summed E-state index contributed by atoms with van der Waals surface area (Å²) >= 11 is 3.30. The van der Waals surface area contributed by atoms with Gasteiger partial charge in [-0.1, -0.05) is 15.9 Å². The molecule has 5 heteroatoms. The Balaban J connectivity index is 2.57. The monoisotopic (exact) mass is 241 g/mol. The summed E-state index contributed by atoms with van der Waals surface area (Å²) in [7, 11) is 0. The van der Waals surface area contributed by atoms with Crippen LogP contribution in [0.1, 0.15) is 0 Å². The van der Waals surface area contributed by atoms with Crippen molar-refractivity contribution in [2.24, 2.45) is 0 Å². The van der Waals surface area contributed by atoms with Crippen molar-refractivity contribution in [3.63, 3.8) is 0 Å². The predicted molar refractivity (Wildman–Crippen MR) is 49.5 cm³/mol. The van der Waals surface area contributed by atoms with Crippen molar-refractivity contribution >= 4 is 15.9 Å². The lowest BCUT2D eigenvalue weighted by Crippen LogP contribution is -1.84. The van der Waals surface area contributed by atoms with Crippen LogP contribution in [0, 0.1) is 5.82 Å². The Labute approximate surface area is 82.1 Å². The third-order valence-corrected chi connectivity index (χ3v) is 2.29. The normalized spacial score (nSPS) is 10.3. The van der Waals surface area contributed by atoms with E-state index < -0.39 is 0 Å². The highest BCUT2D eigenvalue weighted by Gasteiger charge is 2.06. The second-order valence-corrected chi connectivity index (χ2v) is 3.31. The quantitative estimate of drug-likeness (QED) is 0.833. The van der Waals surface area contributed by atoms with Crippen LogP contribution in [-0.2, 0) is 0 Å². The second-order valence-electron chi connectivity index (χ2n) is 2.46. The SMILES string of the molecule is Fc1ccc(Br)c(-c2ncn[nH]2)c1. The van der Waals surface area contributed by atoms with Gasteiger partial charge in [-0.15, -0.1) is 0 Å². The van der Waals surface area contributed by atoms with E-state index >= 15 is 0 Å². The molecule has 0 bridgehead atoms. The molecule has 1 aromatic heterocycles. The third-order valence-electron chi connectivity index (χ3n) is 1.60. The van der Waals surface area contributed by atoms with Gasteiger partial charge in [0.15, 0.2) is 5.82 Å². The van der Waals surface area contributed by atoms with E-state index in [1.807, 2.05) is 0 Å². The number of hydrogen-bond acceptors (Lipinski definition) is 2. The molecule has 0 unspecified atom stereocenters. The lowest BCUT2D eigenvalue weighted by Gasteiger charge is -1.99. The Kier molecular flexibility index (Phi) is 2.10. The fraction of sp³-hybridized carbons (Fsp3) is 0. The molecule has 1 aromatic carbocycles.